The van der Waals surface area contributed by atoms with Gasteiger partial charge in [-0.25, -0.2) is 9.59 Å². The number of nitrogens with one attached hydrogen (secondary N) is 1. The highest BCUT2D eigenvalue weighted by Crippen LogP contribution is 2.23. The van der Waals surface area contributed by atoms with Crippen LogP contribution in [0.25, 0.3) is 0 Å². The third-order valence-electron chi connectivity index (χ3n) is 3.99. The second-order valence-corrected chi connectivity index (χ2v) is 6.77. The summed E-state index contributed by atoms with van der Waals surface area (Å²) in [6, 6.07) is 5.02. The Kier molecular flexibility index (Phi) is 7.67. The van der Waals surface area contributed by atoms with Gasteiger partial charge in [-0.15, -0.1) is 0 Å². The molecular weight excluding hydrogens is 376 g/mol. The van der Waals surface area contributed by atoms with Crippen LogP contribution in [0.1, 0.15) is 12.0 Å². The van der Waals surface area contributed by atoms with Crippen molar-refractivity contribution in [3.05, 3.63) is 39.9 Å². The van der Waals surface area contributed by atoms with Crippen LogP contribution in [0.2, 0.25) is 0 Å². The smallest absolute Gasteiger partial charge is 0.410 e. The molecule has 11 heteroatoms. The third-order valence-corrected chi connectivity index (χ3v) is 4.37. The van der Waals surface area contributed by atoms with E-state index in [1.54, 1.807) is 17.0 Å². The maximum atomic E-state index is 12.4. The molecule has 0 unspecified atom stereocenters. The highest BCUT2D eigenvalue weighted by Gasteiger charge is 2.34. The molecule has 1 aromatic carbocycles. The highest BCUT2D eigenvalue weighted by atomic mass is 32.1. The Bertz CT molecular complexity index is 671. The summed E-state index contributed by atoms with van der Waals surface area (Å²) in [4.78, 5) is 34.7. The van der Waals surface area contributed by atoms with E-state index in [1.165, 1.54) is 12.1 Å². The Morgan fingerprint density at radius 2 is 2.07 bits per heavy atom. The van der Waals surface area contributed by atoms with Crippen LogP contribution in [0.4, 0.5) is 15.3 Å². The lowest BCUT2D eigenvalue weighted by molar-refractivity contribution is -0.384. The van der Waals surface area contributed by atoms with Gasteiger partial charge in [0.25, 0.3) is 5.69 Å². The van der Waals surface area contributed by atoms with Crippen molar-refractivity contribution in [3.63, 3.8) is 0 Å². The van der Waals surface area contributed by atoms with Crippen molar-refractivity contribution in [2.75, 3.05) is 26.3 Å². The van der Waals surface area contributed by atoms with E-state index >= 15 is 0 Å². The molecule has 0 spiro atoms. The summed E-state index contributed by atoms with van der Waals surface area (Å²) in [5.74, 6) is 0. The number of likely N-dealkylation sites (tertiary alicyclic amines) is 1. The zero-order valence-corrected chi connectivity index (χ0v) is 15.5. The molecule has 2 rings (SSSR count). The number of nitrogens with two attached hydrogens (primary N) is 1. The van der Waals surface area contributed by atoms with Crippen LogP contribution in [-0.4, -0.2) is 59.5 Å². The van der Waals surface area contributed by atoms with E-state index in [2.05, 4.69) is 17.9 Å². The SMILES string of the molecule is NC(=O)NCCOC[C@@H]1C[C@H](S)CN1C(=O)OCc1ccc([N+](=O)[O-])cc1. The average Bonchev–Trinajstić information content (AvgIpc) is 3.00. The van der Waals surface area contributed by atoms with Gasteiger partial charge in [0, 0.05) is 30.5 Å². The number of rotatable bonds is 8. The van der Waals surface area contributed by atoms with Gasteiger partial charge in [0.2, 0.25) is 0 Å². The molecule has 3 amide bonds. The van der Waals surface area contributed by atoms with Gasteiger partial charge in [-0.3, -0.25) is 10.1 Å². The van der Waals surface area contributed by atoms with Crippen LogP contribution >= 0.6 is 12.6 Å². The Hall–Kier alpha value is -2.53. The molecule has 0 aromatic heterocycles. The van der Waals surface area contributed by atoms with E-state index in [-0.39, 0.29) is 36.7 Å². The highest BCUT2D eigenvalue weighted by molar-refractivity contribution is 7.81. The maximum absolute atomic E-state index is 12.4. The summed E-state index contributed by atoms with van der Waals surface area (Å²) >= 11 is 4.42. The summed E-state index contributed by atoms with van der Waals surface area (Å²) in [6.45, 7) is 1.32. The largest absolute Gasteiger partial charge is 0.445 e. The quantitative estimate of drug-likeness (QED) is 0.261. The zero-order chi connectivity index (χ0) is 19.8. The molecule has 1 fully saturated rings. The molecule has 10 nitrogen and oxygen atoms in total. The number of carbonyl (C=O) groups is 2. The first-order valence-corrected chi connectivity index (χ1v) is 8.84. The first kappa shape index (κ1) is 20.8. The van der Waals surface area contributed by atoms with Crippen molar-refractivity contribution in [1.29, 1.82) is 0 Å². The molecule has 2 atom stereocenters. The summed E-state index contributed by atoms with van der Waals surface area (Å²) < 4.78 is 10.8. The summed E-state index contributed by atoms with van der Waals surface area (Å²) in [6.07, 6.45) is 0.174. The summed E-state index contributed by atoms with van der Waals surface area (Å²) in [5, 5.41) is 13.1. The van der Waals surface area contributed by atoms with E-state index in [0.717, 1.165) is 0 Å². The molecule has 1 heterocycles. The number of hydrogen-bond acceptors (Lipinski definition) is 7. The Morgan fingerprint density at radius 3 is 2.70 bits per heavy atom. The fourth-order valence-corrected chi connectivity index (χ4v) is 3.10. The molecule has 27 heavy (non-hydrogen) atoms. The number of nitro benzene ring substituents is 1. The van der Waals surface area contributed by atoms with E-state index in [0.29, 0.717) is 25.1 Å². The molecule has 1 aliphatic rings. The molecule has 0 aliphatic carbocycles. The molecule has 1 saturated heterocycles. The number of carbonyl (C=O) groups excluding carboxylic acids is 2. The Balaban J connectivity index is 1.80. The van der Waals surface area contributed by atoms with Crippen molar-refractivity contribution >= 4 is 30.4 Å². The number of benzene rings is 1. The second kappa shape index (κ2) is 9.97. The molecule has 3 N–H and O–H groups in total. The number of amides is 3. The zero-order valence-electron chi connectivity index (χ0n) is 14.6. The topological polar surface area (TPSA) is 137 Å². The summed E-state index contributed by atoms with van der Waals surface area (Å²) in [5.41, 5.74) is 5.59. The van der Waals surface area contributed by atoms with Crippen molar-refractivity contribution in [1.82, 2.24) is 10.2 Å². The van der Waals surface area contributed by atoms with Crippen LogP contribution in [0.5, 0.6) is 0 Å². The van der Waals surface area contributed by atoms with Crippen molar-refractivity contribution in [2.24, 2.45) is 5.73 Å². The first-order chi connectivity index (χ1) is 12.9. The van der Waals surface area contributed by atoms with Crippen LogP contribution in [0, 0.1) is 10.1 Å². The monoisotopic (exact) mass is 398 g/mol. The number of ether oxygens (including phenoxy) is 2. The maximum Gasteiger partial charge on any atom is 0.410 e. The van der Waals surface area contributed by atoms with Gasteiger partial charge in [-0.2, -0.15) is 12.6 Å². The molecule has 1 aliphatic heterocycles. The van der Waals surface area contributed by atoms with Gasteiger partial charge < -0.3 is 25.4 Å². The Labute approximate surface area is 161 Å². The fraction of sp³-hybridized carbons (Fsp3) is 0.500. The van der Waals surface area contributed by atoms with Gasteiger partial charge in [-0.1, -0.05) is 0 Å². The van der Waals surface area contributed by atoms with E-state index in [9.17, 15) is 19.7 Å². The van der Waals surface area contributed by atoms with Crippen LogP contribution in [0.15, 0.2) is 24.3 Å². The van der Waals surface area contributed by atoms with Gasteiger partial charge in [0.15, 0.2) is 0 Å². The lowest BCUT2D eigenvalue weighted by atomic mass is 10.2. The van der Waals surface area contributed by atoms with E-state index in [4.69, 9.17) is 15.2 Å². The Morgan fingerprint density at radius 1 is 1.37 bits per heavy atom. The second-order valence-electron chi connectivity index (χ2n) is 6.04. The number of thiol groups is 1. The van der Waals surface area contributed by atoms with E-state index in [1.807, 2.05) is 0 Å². The first-order valence-electron chi connectivity index (χ1n) is 8.32. The molecule has 0 radical (unpaired) electrons. The number of non-ortho nitro benzene ring substituents is 1. The van der Waals surface area contributed by atoms with Crippen LogP contribution in [-0.2, 0) is 16.1 Å². The average molecular weight is 398 g/mol. The van der Waals surface area contributed by atoms with Crippen LogP contribution < -0.4 is 11.1 Å². The van der Waals surface area contributed by atoms with Gasteiger partial charge in [0.05, 0.1) is 24.2 Å². The third kappa shape index (κ3) is 6.61. The number of hydrogen-bond donors (Lipinski definition) is 3. The minimum atomic E-state index is -0.619. The van der Waals surface area contributed by atoms with Crippen molar-refractivity contribution in [2.45, 2.75) is 24.3 Å². The van der Waals surface area contributed by atoms with E-state index < -0.39 is 17.0 Å². The lowest BCUT2D eigenvalue weighted by Crippen LogP contribution is -2.39. The fourth-order valence-electron chi connectivity index (χ4n) is 2.68. The normalized spacial score (nSPS) is 18.9. The number of urea groups is 1. The van der Waals surface area contributed by atoms with Gasteiger partial charge in [0.1, 0.15) is 6.61 Å². The molecule has 0 bridgehead atoms. The molecule has 1 aromatic rings. The molecule has 148 valence electrons. The van der Waals surface area contributed by atoms with Crippen molar-refractivity contribution < 1.29 is 24.0 Å². The predicted octanol–water partition coefficient (Wildman–Crippen LogP) is 1.29. The van der Waals surface area contributed by atoms with Gasteiger partial charge >= 0.3 is 12.1 Å². The summed E-state index contributed by atoms with van der Waals surface area (Å²) in [7, 11) is 0. The van der Waals surface area contributed by atoms with Crippen molar-refractivity contribution in [3.8, 4) is 0 Å². The minimum Gasteiger partial charge on any atom is -0.445 e. The van der Waals surface area contributed by atoms with Crippen LogP contribution in [0.3, 0.4) is 0 Å². The number of nitro groups is 1. The number of nitrogens with zero attached hydrogens (tertiary/aromatic N) is 2. The molecular formula is C16H22N4O6S. The van der Waals surface area contributed by atoms with Gasteiger partial charge in [-0.05, 0) is 24.1 Å². The minimum absolute atomic E-state index is 0.0146. The standard InChI is InChI=1S/C16H22N4O6S/c17-15(21)18-5-6-25-10-13-7-14(27)8-19(13)16(22)26-9-11-1-3-12(4-2-11)20(23)24/h1-4,13-14,27H,5-10H2,(H3,17,18,21)/t13-,14-/m0/s1. The predicted molar refractivity (Wildman–Crippen MR) is 99.6 cm³/mol. The number of primary amides is 1. The molecule has 0 saturated carbocycles. The lowest BCUT2D eigenvalue weighted by Gasteiger charge is -2.23.